The molecule has 0 amide bonds. The van der Waals surface area contributed by atoms with Crippen molar-refractivity contribution >= 4 is 14.3 Å². The van der Waals surface area contributed by atoms with Crippen molar-refractivity contribution in [2.75, 3.05) is 0 Å². The number of rotatable bonds is 6. The van der Waals surface area contributed by atoms with Gasteiger partial charge in [0.2, 0.25) is 0 Å². The molecule has 0 spiro atoms. The molecule has 3 aromatic rings. The molecule has 0 N–H and O–H groups in total. The SMILES string of the molecule is c1ccc([CH2][GeH]([CH2]c2ccccc2)[CH2]c2ccccc2)cc1. The van der Waals surface area contributed by atoms with Crippen molar-refractivity contribution in [2.45, 2.75) is 15.8 Å². The van der Waals surface area contributed by atoms with Gasteiger partial charge < -0.3 is 0 Å². The summed E-state index contributed by atoms with van der Waals surface area (Å²) in [6.45, 7) is 0. The summed E-state index contributed by atoms with van der Waals surface area (Å²) in [7, 11) is 0. The molecule has 0 fully saturated rings. The molecule has 3 rings (SSSR count). The maximum absolute atomic E-state index is 2.29. The van der Waals surface area contributed by atoms with Gasteiger partial charge in [0.15, 0.2) is 0 Å². The van der Waals surface area contributed by atoms with Gasteiger partial charge in [-0.15, -0.1) is 0 Å². The minimum atomic E-state index is -1.45. The summed E-state index contributed by atoms with van der Waals surface area (Å²) in [5, 5.41) is 3.95. The second-order valence-corrected chi connectivity index (χ2v) is 12.1. The number of hydrogen-bond donors (Lipinski definition) is 0. The van der Waals surface area contributed by atoms with Gasteiger partial charge in [-0.25, -0.2) is 0 Å². The van der Waals surface area contributed by atoms with Crippen LogP contribution in [-0.4, -0.2) is 14.3 Å². The third kappa shape index (κ3) is 4.60. The van der Waals surface area contributed by atoms with Crippen molar-refractivity contribution in [3.63, 3.8) is 0 Å². The van der Waals surface area contributed by atoms with Crippen molar-refractivity contribution < 1.29 is 0 Å². The monoisotopic (exact) mass is 348 g/mol. The van der Waals surface area contributed by atoms with Crippen molar-refractivity contribution in [2.24, 2.45) is 0 Å². The zero-order valence-corrected chi connectivity index (χ0v) is 15.3. The van der Waals surface area contributed by atoms with Gasteiger partial charge in [-0.3, -0.25) is 0 Å². The van der Waals surface area contributed by atoms with Crippen LogP contribution in [0.25, 0.3) is 0 Å². The van der Waals surface area contributed by atoms with Gasteiger partial charge in [-0.2, -0.15) is 0 Å². The van der Waals surface area contributed by atoms with E-state index in [2.05, 4.69) is 91.0 Å². The van der Waals surface area contributed by atoms with Gasteiger partial charge in [0.05, 0.1) is 0 Å². The molecule has 0 aromatic heterocycles. The number of hydrogen-bond acceptors (Lipinski definition) is 0. The van der Waals surface area contributed by atoms with Crippen LogP contribution in [0.2, 0.25) is 0 Å². The Kier molecular flexibility index (Phi) is 5.49. The molecule has 1 heteroatoms. The first-order valence-corrected chi connectivity index (χ1v) is 13.2. The fourth-order valence-electron chi connectivity index (χ4n) is 3.06. The maximum atomic E-state index is 2.29. The first-order chi connectivity index (χ1) is 10.9. The Morgan fingerprint density at radius 1 is 0.409 bits per heavy atom. The Morgan fingerprint density at radius 3 is 0.955 bits per heavy atom. The molecule has 0 aliphatic carbocycles. The van der Waals surface area contributed by atoms with Gasteiger partial charge in [0, 0.05) is 0 Å². The standard InChI is InChI=1S/C21H22Ge/c1-4-10-19(11-5-1)16-22(17-20-12-6-2-7-13-20)18-21-14-8-3-9-15-21/h1-15,22H,16-18H2. The van der Waals surface area contributed by atoms with Gasteiger partial charge in [-0.1, -0.05) is 0 Å². The van der Waals surface area contributed by atoms with Crippen LogP contribution in [0.15, 0.2) is 91.0 Å². The van der Waals surface area contributed by atoms with E-state index in [1.54, 1.807) is 0 Å². The Hall–Kier alpha value is -1.80. The summed E-state index contributed by atoms with van der Waals surface area (Å²) in [6.07, 6.45) is 0. The molecule has 0 saturated heterocycles. The van der Waals surface area contributed by atoms with Crippen molar-refractivity contribution in [3.05, 3.63) is 108 Å². The fourth-order valence-corrected chi connectivity index (χ4v) is 9.88. The minimum absolute atomic E-state index is 1.32. The molecule has 0 nitrogen and oxygen atoms in total. The molecule has 3 aromatic carbocycles. The van der Waals surface area contributed by atoms with E-state index in [9.17, 15) is 0 Å². The topological polar surface area (TPSA) is 0 Å². The summed E-state index contributed by atoms with van der Waals surface area (Å²) in [4.78, 5) is 0. The summed E-state index contributed by atoms with van der Waals surface area (Å²) in [5.41, 5.74) is 4.54. The molecular formula is C21H22Ge. The average molecular weight is 347 g/mol. The van der Waals surface area contributed by atoms with Crippen LogP contribution in [0.3, 0.4) is 0 Å². The van der Waals surface area contributed by atoms with E-state index in [0.29, 0.717) is 0 Å². The van der Waals surface area contributed by atoms with Gasteiger partial charge in [0.1, 0.15) is 0 Å². The fraction of sp³-hybridized carbons (Fsp3) is 0.143. The van der Waals surface area contributed by atoms with E-state index in [1.165, 1.54) is 32.5 Å². The van der Waals surface area contributed by atoms with Crippen LogP contribution in [-0.2, 0) is 15.8 Å². The molecule has 0 aliphatic heterocycles. The van der Waals surface area contributed by atoms with Crippen molar-refractivity contribution in [3.8, 4) is 0 Å². The van der Waals surface area contributed by atoms with Crippen LogP contribution in [0, 0.1) is 0 Å². The molecule has 0 bridgehead atoms. The Bertz CT molecular complexity index is 563. The first-order valence-electron chi connectivity index (χ1n) is 8.02. The third-order valence-electron chi connectivity index (χ3n) is 4.10. The van der Waals surface area contributed by atoms with E-state index in [4.69, 9.17) is 0 Å². The summed E-state index contributed by atoms with van der Waals surface area (Å²) < 4.78 is 0. The van der Waals surface area contributed by atoms with Crippen LogP contribution in [0.4, 0.5) is 0 Å². The average Bonchev–Trinajstić information content (AvgIpc) is 2.57. The molecule has 0 heterocycles. The van der Waals surface area contributed by atoms with E-state index >= 15 is 0 Å². The van der Waals surface area contributed by atoms with E-state index in [-0.39, 0.29) is 0 Å². The Balaban J connectivity index is 1.75. The quantitative estimate of drug-likeness (QED) is 0.574. The Morgan fingerprint density at radius 2 is 0.682 bits per heavy atom. The zero-order valence-electron chi connectivity index (χ0n) is 12.9. The van der Waals surface area contributed by atoms with E-state index < -0.39 is 14.3 Å². The van der Waals surface area contributed by atoms with Gasteiger partial charge in [-0.05, 0) is 0 Å². The van der Waals surface area contributed by atoms with Crippen LogP contribution < -0.4 is 0 Å². The predicted octanol–water partition coefficient (Wildman–Crippen LogP) is 4.56. The van der Waals surface area contributed by atoms with Crippen molar-refractivity contribution in [1.82, 2.24) is 0 Å². The molecule has 0 saturated carbocycles. The second-order valence-electron chi connectivity index (χ2n) is 5.94. The molecular weight excluding hydrogens is 325 g/mol. The molecule has 0 atom stereocenters. The van der Waals surface area contributed by atoms with Crippen LogP contribution in [0.5, 0.6) is 0 Å². The zero-order chi connectivity index (χ0) is 15.0. The Labute approximate surface area is 137 Å². The molecule has 22 heavy (non-hydrogen) atoms. The van der Waals surface area contributed by atoms with E-state index in [0.717, 1.165) is 0 Å². The van der Waals surface area contributed by atoms with Crippen LogP contribution >= 0.6 is 0 Å². The van der Waals surface area contributed by atoms with Crippen LogP contribution in [0.1, 0.15) is 16.7 Å². The normalized spacial score (nSPS) is 10.8. The van der Waals surface area contributed by atoms with E-state index in [1.807, 2.05) is 0 Å². The summed E-state index contributed by atoms with van der Waals surface area (Å²) in [6, 6.07) is 33.0. The molecule has 0 radical (unpaired) electrons. The number of benzene rings is 3. The molecule has 0 unspecified atom stereocenters. The molecule has 0 aliphatic rings. The summed E-state index contributed by atoms with van der Waals surface area (Å²) in [5.74, 6) is 0. The summed E-state index contributed by atoms with van der Waals surface area (Å²) >= 11 is -1.45. The van der Waals surface area contributed by atoms with Crippen molar-refractivity contribution in [1.29, 1.82) is 0 Å². The first kappa shape index (κ1) is 15.1. The van der Waals surface area contributed by atoms with Gasteiger partial charge >= 0.3 is 138 Å². The van der Waals surface area contributed by atoms with Gasteiger partial charge in [0.25, 0.3) is 0 Å². The second kappa shape index (κ2) is 8.00. The molecule has 110 valence electrons. The third-order valence-corrected chi connectivity index (χ3v) is 10.7. The predicted molar refractivity (Wildman–Crippen MR) is 97.6 cm³/mol.